The summed E-state index contributed by atoms with van der Waals surface area (Å²) in [6.45, 7) is 3.58. The normalized spacial score (nSPS) is 16.0. The van der Waals surface area contributed by atoms with E-state index in [1.165, 1.54) is 5.56 Å². The Bertz CT molecular complexity index is 883. The fourth-order valence-electron chi connectivity index (χ4n) is 3.34. The van der Waals surface area contributed by atoms with Gasteiger partial charge in [-0.3, -0.25) is 9.69 Å². The predicted octanol–water partition coefficient (Wildman–Crippen LogP) is 1.13. The monoisotopic (exact) mass is 351 g/mol. The molecule has 26 heavy (non-hydrogen) atoms. The van der Waals surface area contributed by atoms with Gasteiger partial charge in [-0.25, -0.2) is 9.36 Å². The zero-order valence-electron chi connectivity index (χ0n) is 14.5. The number of hydrogen-bond donors (Lipinski definition) is 0. The molecule has 3 aromatic rings. The van der Waals surface area contributed by atoms with E-state index in [0.29, 0.717) is 18.3 Å². The third kappa shape index (κ3) is 3.85. The number of nitrogens with zero attached hydrogens (tertiary/aromatic N) is 7. The van der Waals surface area contributed by atoms with E-state index >= 15 is 0 Å². The van der Waals surface area contributed by atoms with Crippen LogP contribution in [-0.4, -0.2) is 47.7 Å². The Balaban J connectivity index is 1.37. The lowest BCUT2D eigenvalue weighted by Crippen LogP contribution is -2.36. The Hall–Kier alpha value is -2.87. The minimum atomic E-state index is -0.0637. The molecule has 8 nitrogen and oxygen atoms in total. The molecule has 0 aromatic carbocycles. The summed E-state index contributed by atoms with van der Waals surface area (Å²) in [5.74, 6) is 1.12. The molecule has 1 aliphatic heterocycles. The Morgan fingerprint density at radius 1 is 1.08 bits per heavy atom. The highest BCUT2D eigenvalue weighted by Gasteiger charge is 2.20. The molecule has 8 heteroatoms. The molecular weight excluding hydrogens is 330 g/mol. The summed E-state index contributed by atoms with van der Waals surface area (Å²) in [5, 5.41) is 16.4. The van der Waals surface area contributed by atoms with Crippen molar-refractivity contribution in [2.75, 3.05) is 13.1 Å². The fraction of sp³-hybridized carbons (Fsp3) is 0.389. The van der Waals surface area contributed by atoms with E-state index in [2.05, 4.69) is 25.3 Å². The molecule has 0 unspecified atom stereocenters. The highest BCUT2D eigenvalue weighted by Crippen LogP contribution is 2.20. The summed E-state index contributed by atoms with van der Waals surface area (Å²) in [5.41, 5.74) is 1.12. The van der Waals surface area contributed by atoms with Crippen molar-refractivity contribution < 1.29 is 0 Å². The molecule has 0 radical (unpaired) electrons. The van der Waals surface area contributed by atoms with Crippen LogP contribution in [0.15, 0.2) is 53.8 Å². The molecule has 0 amide bonds. The standard InChI is InChI=1S/C18H21N7O/c26-18-3-2-17(24-9-1-7-21-24)22-25(18)14-15-5-10-23(11-6-15)13-16-4-8-19-20-12-16/h1-4,7-9,12,15H,5-6,10-11,13-14H2. The van der Waals surface area contributed by atoms with E-state index in [4.69, 9.17) is 0 Å². The SMILES string of the molecule is O=c1ccc(-n2cccn2)nn1CC1CCN(Cc2ccnnc2)CC1. The van der Waals surface area contributed by atoms with Crippen molar-refractivity contribution in [3.8, 4) is 5.82 Å². The van der Waals surface area contributed by atoms with Gasteiger partial charge in [0, 0.05) is 37.7 Å². The van der Waals surface area contributed by atoms with Crippen molar-refractivity contribution in [3.63, 3.8) is 0 Å². The molecule has 4 heterocycles. The molecular formula is C18H21N7O. The maximum absolute atomic E-state index is 12.2. The van der Waals surface area contributed by atoms with Crippen LogP contribution in [0.1, 0.15) is 18.4 Å². The van der Waals surface area contributed by atoms with E-state index in [0.717, 1.165) is 32.5 Å². The zero-order valence-corrected chi connectivity index (χ0v) is 14.5. The third-order valence-corrected chi connectivity index (χ3v) is 4.78. The van der Waals surface area contributed by atoms with Crippen molar-refractivity contribution in [1.29, 1.82) is 0 Å². The number of rotatable bonds is 5. The van der Waals surface area contributed by atoms with E-state index in [9.17, 15) is 4.79 Å². The van der Waals surface area contributed by atoms with Crippen LogP contribution < -0.4 is 5.56 Å². The summed E-state index contributed by atoms with van der Waals surface area (Å²) < 4.78 is 3.24. The fourth-order valence-corrected chi connectivity index (χ4v) is 3.34. The Kier molecular flexibility index (Phi) is 4.83. The summed E-state index contributed by atoms with van der Waals surface area (Å²) >= 11 is 0. The molecule has 1 fully saturated rings. The van der Waals surface area contributed by atoms with Crippen molar-refractivity contribution in [1.82, 2.24) is 34.7 Å². The summed E-state index contributed by atoms with van der Waals surface area (Å²) in [6, 6.07) is 7.11. The highest BCUT2D eigenvalue weighted by molar-refractivity contribution is 5.17. The van der Waals surface area contributed by atoms with E-state index in [1.807, 2.05) is 24.5 Å². The average Bonchev–Trinajstić information content (AvgIpc) is 3.21. The van der Waals surface area contributed by atoms with E-state index in [1.54, 1.807) is 33.9 Å². The van der Waals surface area contributed by atoms with Crippen LogP contribution >= 0.6 is 0 Å². The summed E-state index contributed by atoms with van der Waals surface area (Å²) in [4.78, 5) is 14.6. The van der Waals surface area contributed by atoms with Gasteiger partial charge >= 0.3 is 0 Å². The minimum absolute atomic E-state index is 0.0637. The average molecular weight is 351 g/mol. The van der Waals surface area contributed by atoms with Gasteiger partial charge in [-0.1, -0.05) is 0 Å². The molecule has 0 atom stereocenters. The van der Waals surface area contributed by atoms with Gasteiger partial charge in [0.1, 0.15) is 0 Å². The zero-order chi connectivity index (χ0) is 17.8. The van der Waals surface area contributed by atoms with Crippen molar-refractivity contribution in [2.24, 2.45) is 5.92 Å². The molecule has 1 saturated heterocycles. The maximum atomic E-state index is 12.2. The van der Waals surface area contributed by atoms with Gasteiger partial charge in [0.15, 0.2) is 5.82 Å². The van der Waals surface area contributed by atoms with Gasteiger partial charge in [-0.2, -0.15) is 15.3 Å². The molecule has 0 bridgehead atoms. The van der Waals surface area contributed by atoms with Gasteiger partial charge < -0.3 is 0 Å². The summed E-state index contributed by atoms with van der Waals surface area (Å²) in [7, 11) is 0. The largest absolute Gasteiger partial charge is 0.299 e. The second kappa shape index (κ2) is 7.57. The number of likely N-dealkylation sites (tertiary alicyclic amines) is 1. The molecule has 0 aliphatic carbocycles. The van der Waals surface area contributed by atoms with Crippen LogP contribution in [-0.2, 0) is 13.1 Å². The Labute approximate surface area is 151 Å². The number of piperidine rings is 1. The molecule has 4 rings (SSSR count). The topological polar surface area (TPSA) is 81.7 Å². The third-order valence-electron chi connectivity index (χ3n) is 4.78. The van der Waals surface area contributed by atoms with Gasteiger partial charge in [-0.05, 0) is 55.6 Å². The van der Waals surface area contributed by atoms with Crippen LogP contribution in [0.25, 0.3) is 5.82 Å². The highest BCUT2D eigenvalue weighted by atomic mass is 16.1. The van der Waals surface area contributed by atoms with Gasteiger partial charge in [0.05, 0.1) is 6.20 Å². The second-order valence-electron chi connectivity index (χ2n) is 6.63. The second-order valence-corrected chi connectivity index (χ2v) is 6.63. The first-order valence-corrected chi connectivity index (χ1v) is 8.84. The minimum Gasteiger partial charge on any atom is -0.299 e. The molecule has 0 spiro atoms. The van der Waals surface area contributed by atoms with Gasteiger partial charge in [0.25, 0.3) is 5.56 Å². The Morgan fingerprint density at radius 3 is 2.69 bits per heavy atom. The van der Waals surface area contributed by atoms with Crippen LogP contribution in [0, 0.1) is 5.92 Å². The lowest BCUT2D eigenvalue weighted by Gasteiger charge is -2.31. The van der Waals surface area contributed by atoms with E-state index in [-0.39, 0.29) is 5.56 Å². The molecule has 0 N–H and O–H groups in total. The van der Waals surface area contributed by atoms with Crippen molar-refractivity contribution >= 4 is 0 Å². The van der Waals surface area contributed by atoms with Gasteiger partial charge in [-0.15, -0.1) is 5.10 Å². The van der Waals surface area contributed by atoms with Crippen LogP contribution in [0.3, 0.4) is 0 Å². The summed E-state index contributed by atoms with van der Waals surface area (Å²) in [6.07, 6.45) is 9.18. The number of hydrogen-bond acceptors (Lipinski definition) is 6. The maximum Gasteiger partial charge on any atom is 0.266 e. The predicted molar refractivity (Wildman–Crippen MR) is 95.7 cm³/mol. The quantitative estimate of drug-likeness (QED) is 0.685. The van der Waals surface area contributed by atoms with Crippen LogP contribution in [0.2, 0.25) is 0 Å². The molecule has 1 aliphatic rings. The molecule has 3 aromatic heterocycles. The first-order chi connectivity index (χ1) is 12.8. The lowest BCUT2D eigenvalue weighted by atomic mass is 9.96. The lowest BCUT2D eigenvalue weighted by molar-refractivity contribution is 0.163. The number of aromatic nitrogens is 6. The van der Waals surface area contributed by atoms with Crippen LogP contribution in [0.4, 0.5) is 0 Å². The Morgan fingerprint density at radius 2 is 1.96 bits per heavy atom. The van der Waals surface area contributed by atoms with Crippen molar-refractivity contribution in [2.45, 2.75) is 25.9 Å². The van der Waals surface area contributed by atoms with Gasteiger partial charge in [0.2, 0.25) is 0 Å². The first-order valence-electron chi connectivity index (χ1n) is 8.84. The molecule has 0 saturated carbocycles. The van der Waals surface area contributed by atoms with E-state index < -0.39 is 0 Å². The smallest absolute Gasteiger partial charge is 0.266 e. The van der Waals surface area contributed by atoms with Crippen LogP contribution in [0.5, 0.6) is 0 Å². The van der Waals surface area contributed by atoms with Crippen molar-refractivity contribution in [3.05, 3.63) is 65.0 Å². The molecule has 134 valence electrons. The first kappa shape index (κ1) is 16.6.